The van der Waals surface area contributed by atoms with Gasteiger partial charge in [0.05, 0.1) is 18.2 Å². The Morgan fingerprint density at radius 1 is 1.28 bits per heavy atom. The molecule has 138 valence electrons. The maximum atomic E-state index is 12.8. The number of amides is 1. The van der Waals surface area contributed by atoms with Crippen LogP contribution in [0.15, 0.2) is 6.20 Å². The van der Waals surface area contributed by atoms with Crippen LogP contribution in [0.4, 0.5) is 0 Å². The summed E-state index contributed by atoms with van der Waals surface area (Å²) in [5, 5.41) is 8.57. The lowest BCUT2D eigenvalue weighted by Crippen LogP contribution is -2.58. The fraction of sp³-hybridized carbons (Fsp3) is 0.833. The lowest BCUT2D eigenvalue weighted by molar-refractivity contribution is -0.142. The zero-order chi connectivity index (χ0) is 17.4. The van der Waals surface area contributed by atoms with Crippen molar-refractivity contribution in [3.05, 3.63) is 11.9 Å². The van der Waals surface area contributed by atoms with Gasteiger partial charge in [-0.15, -0.1) is 5.10 Å². The summed E-state index contributed by atoms with van der Waals surface area (Å²) in [6, 6.07) is 0.496. The number of rotatable bonds is 5. The van der Waals surface area contributed by atoms with Gasteiger partial charge in [0.15, 0.2) is 0 Å². The number of fused-ring (bicyclic) bond motifs is 3. The Morgan fingerprint density at radius 2 is 2.08 bits per heavy atom. The minimum atomic E-state index is 0.225. The van der Waals surface area contributed by atoms with Crippen LogP contribution in [-0.4, -0.2) is 81.9 Å². The summed E-state index contributed by atoms with van der Waals surface area (Å²) in [7, 11) is 4.09. The molecule has 2 bridgehead atoms. The summed E-state index contributed by atoms with van der Waals surface area (Å²) in [5.74, 6) is 1.19. The molecule has 4 aliphatic heterocycles. The predicted molar refractivity (Wildman–Crippen MR) is 94.8 cm³/mol. The highest BCUT2D eigenvalue weighted by molar-refractivity contribution is 5.80. The second kappa shape index (κ2) is 7.03. The largest absolute Gasteiger partial charge is 0.342 e. The number of carbonyl (C=O) groups is 1. The van der Waals surface area contributed by atoms with Crippen molar-refractivity contribution in [2.75, 3.05) is 40.3 Å². The van der Waals surface area contributed by atoms with E-state index < -0.39 is 0 Å². The second-order valence-electron chi connectivity index (χ2n) is 8.24. The van der Waals surface area contributed by atoms with Crippen LogP contribution in [0.1, 0.15) is 31.4 Å². The zero-order valence-corrected chi connectivity index (χ0v) is 15.5. The summed E-state index contributed by atoms with van der Waals surface area (Å²) in [6.45, 7) is 5.71. The van der Waals surface area contributed by atoms with Crippen LogP contribution < -0.4 is 0 Å². The summed E-state index contributed by atoms with van der Waals surface area (Å²) in [4.78, 5) is 19.6. The Morgan fingerprint density at radius 3 is 2.76 bits per heavy atom. The summed E-state index contributed by atoms with van der Waals surface area (Å²) in [6.07, 6.45) is 6.71. The molecule has 0 N–H and O–H groups in total. The first-order chi connectivity index (χ1) is 12.1. The molecule has 4 atom stereocenters. The van der Waals surface area contributed by atoms with Crippen LogP contribution in [0.5, 0.6) is 0 Å². The minimum absolute atomic E-state index is 0.225. The SMILES string of the molecule is CN(C)Cc1cn(C[C@H]2C[C@H]3CCN2C[C@@H]3C(=O)N2CCCC2)nn1. The van der Waals surface area contributed by atoms with E-state index >= 15 is 0 Å². The maximum Gasteiger partial charge on any atom is 0.227 e. The van der Waals surface area contributed by atoms with Gasteiger partial charge in [-0.3, -0.25) is 14.4 Å². The quantitative estimate of drug-likeness (QED) is 0.784. The molecule has 4 aliphatic rings. The topological polar surface area (TPSA) is 57.5 Å². The van der Waals surface area contributed by atoms with E-state index in [0.717, 1.165) is 51.4 Å². The molecule has 1 aromatic rings. The molecule has 0 aliphatic carbocycles. The number of piperidine rings is 3. The number of hydrogen-bond donors (Lipinski definition) is 0. The standard InChI is InChI=1S/C18H30N6O/c1-21(2)10-15-11-24(20-19-15)12-16-9-14-5-8-23(16)13-17(14)18(25)22-6-3-4-7-22/h11,14,16-17H,3-10,12-13H2,1-2H3/t14-,16-,17+/m1/s1. The van der Waals surface area contributed by atoms with Crippen LogP contribution in [0.25, 0.3) is 0 Å². The first-order valence-corrected chi connectivity index (χ1v) is 9.67. The number of aromatic nitrogens is 3. The number of likely N-dealkylation sites (tertiary alicyclic amines) is 1. The summed E-state index contributed by atoms with van der Waals surface area (Å²) >= 11 is 0. The van der Waals surface area contributed by atoms with Crippen molar-refractivity contribution in [3.63, 3.8) is 0 Å². The number of nitrogens with zero attached hydrogens (tertiary/aromatic N) is 6. The highest BCUT2D eigenvalue weighted by Crippen LogP contribution is 2.38. The average molecular weight is 346 g/mol. The van der Waals surface area contributed by atoms with Gasteiger partial charge in [0, 0.05) is 38.4 Å². The van der Waals surface area contributed by atoms with Crippen molar-refractivity contribution in [1.82, 2.24) is 29.7 Å². The third kappa shape index (κ3) is 3.58. The van der Waals surface area contributed by atoms with Crippen molar-refractivity contribution in [2.45, 2.75) is 44.8 Å². The van der Waals surface area contributed by atoms with Crippen LogP contribution in [0.2, 0.25) is 0 Å². The molecule has 1 unspecified atom stereocenters. The summed E-state index contributed by atoms with van der Waals surface area (Å²) in [5.41, 5.74) is 1.02. The second-order valence-corrected chi connectivity index (χ2v) is 8.24. The molecule has 7 heteroatoms. The highest BCUT2D eigenvalue weighted by atomic mass is 16.2. The third-order valence-corrected chi connectivity index (χ3v) is 6.08. The van der Waals surface area contributed by atoms with Crippen molar-refractivity contribution in [3.8, 4) is 0 Å². The fourth-order valence-electron chi connectivity index (χ4n) is 4.82. The number of carbonyl (C=O) groups excluding carboxylic acids is 1. The first-order valence-electron chi connectivity index (χ1n) is 9.67. The lowest BCUT2D eigenvalue weighted by Gasteiger charge is -2.49. The molecule has 1 aromatic heterocycles. The van der Waals surface area contributed by atoms with E-state index in [2.05, 4.69) is 31.2 Å². The Bertz CT molecular complexity index is 608. The molecule has 4 saturated heterocycles. The maximum absolute atomic E-state index is 12.8. The van der Waals surface area contributed by atoms with Gasteiger partial charge in [-0.1, -0.05) is 5.21 Å². The molecule has 1 amide bonds. The molecule has 0 radical (unpaired) electrons. The summed E-state index contributed by atoms with van der Waals surface area (Å²) < 4.78 is 1.99. The van der Waals surface area contributed by atoms with E-state index in [-0.39, 0.29) is 5.92 Å². The van der Waals surface area contributed by atoms with Crippen molar-refractivity contribution in [2.24, 2.45) is 11.8 Å². The van der Waals surface area contributed by atoms with Gasteiger partial charge in [-0.2, -0.15) is 0 Å². The Balaban J connectivity index is 1.37. The first kappa shape index (κ1) is 17.0. The van der Waals surface area contributed by atoms with Gasteiger partial charge >= 0.3 is 0 Å². The molecule has 4 fully saturated rings. The molecule has 25 heavy (non-hydrogen) atoms. The van der Waals surface area contributed by atoms with Crippen molar-refractivity contribution >= 4 is 5.91 Å². The molecule has 0 spiro atoms. The van der Waals surface area contributed by atoms with Gasteiger partial charge in [0.25, 0.3) is 0 Å². The average Bonchev–Trinajstić information content (AvgIpc) is 3.26. The highest BCUT2D eigenvalue weighted by Gasteiger charge is 2.44. The zero-order valence-electron chi connectivity index (χ0n) is 15.5. The van der Waals surface area contributed by atoms with Crippen molar-refractivity contribution < 1.29 is 4.79 Å². The Labute approximate surface area is 149 Å². The Kier molecular flexibility index (Phi) is 4.78. The van der Waals surface area contributed by atoms with Gasteiger partial charge < -0.3 is 9.80 Å². The van der Waals surface area contributed by atoms with E-state index in [4.69, 9.17) is 0 Å². The lowest BCUT2D eigenvalue weighted by atomic mass is 9.75. The van der Waals surface area contributed by atoms with E-state index in [0.29, 0.717) is 17.9 Å². The van der Waals surface area contributed by atoms with Crippen LogP contribution in [-0.2, 0) is 17.9 Å². The van der Waals surface area contributed by atoms with Gasteiger partial charge in [-0.25, -0.2) is 0 Å². The molecular formula is C18H30N6O. The monoisotopic (exact) mass is 346 g/mol. The van der Waals surface area contributed by atoms with Gasteiger partial charge in [0.1, 0.15) is 0 Å². The van der Waals surface area contributed by atoms with E-state index in [1.165, 1.54) is 19.3 Å². The van der Waals surface area contributed by atoms with Gasteiger partial charge in [-0.05, 0) is 52.2 Å². The van der Waals surface area contributed by atoms with E-state index in [1.54, 1.807) is 0 Å². The molecule has 5 rings (SSSR count). The molecule has 7 nitrogen and oxygen atoms in total. The molecular weight excluding hydrogens is 316 g/mol. The third-order valence-electron chi connectivity index (χ3n) is 6.08. The molecule has 0 saturated carbocycles. The van der Waals surface area contributed by atoms with Crippen LogP contribution in [0.3, 0.4) is 0 Å². The molecule has 0 aromatic carbocycles. The van der Waals surface area contributed by atoms with Crippen LogP contribution >= 0.6 is 0 Å². The fourth-order valence-corrected chi connectivity index (χ4v) is 4.82. The van der Waals surface area contributed by atoms with Crippen molar-refractivity contribution in [1.29, 1.82) is 0 Å². The Hall–Kier alpha value is -1.47. The number of hydrogen-bond acceptors (Lipinski definition) is 5. The minimum Gasteiger partial charge on any atom is -0.342 e. The van der Waals surface area contributed by atoms with Gasteiger partial charge in [0.2, 0.25) is 5.91 Å². The smallest absolute Gasteiger partial charge is 0.227 e. The molecule has 5 heterocycles. The predicted octanol–water partition coefficient (Wildman–Crippen LogP) is 0.673. The van der Waals surface area contributed by atoms with E-state index in [9.17, 15) is 4.79 Å². The normalized spacial score (nSPS) is 31.9. The van der Waals surface area contributed by atoms with E-state index in [1.807, 2.05) is 18.8 Å². The van der Waals surface area contributed by atoms with Crippen LogP contribution in [0, 0.1) is 11.8 Å².